The van der Waals surface area contributed by atoms with Crippen molar-refractivity contribution in [1.29, 1.82) is 0 Å². The van der Waals surface area contributed by atoms with Gasteiger partial charge < -0.3 is 18.6 Å². The Morgan fingerprint density at radius 3 is 2.35 bits per heavy atom. The van der Waals surface area contributed by atoms with Gasteiger partial charge in [0, 0.05) is 11.1 Å². The molecule has 26 heavy (non-hydrogen) atoms. The quantitative estimate of drug-likeness (QED) is 0.516. The molecule has 0 N–H and O–H groups in total. The van der Waals surface area contributed by atoms with Gasteiger partial charge in [0.05, 0.1) is 26.8 Å². The van der Waals surface area contributed by atoms with E-state index in [0.717, 1.165) is 16.6 Å². The van der Waals surface area contributed by atoms with Gasteiger partial charge in [-0.1, -0.05) is 24.3 Å². The number of fused-ring (bicyclic) bond motifs is 3. The maximum atomic E-state index is 12.1. The highest BCUT2D eigenvalue weighted by Gasteiger charge is 2.29. The van der Waals surface area contributed by atoms with Crippen LogP contribution in [0.3, 0.4) is 0 Å². The van der Waals surface area contributed by atoms with Crippen molar-refractivity contribution in [3.63, 3.8) is 0 Å². The summed E-state index contributed by atoms with van der Waals surface area (Å²) >= 11 is 0. The number of benzene rings is 2. The number of methoxy groups -OCH3 is 3. The lowest BCUT2D eigenvalue weighted by atomic mass is 10.2. The first-order valence-electron chi connectivity index (χ1n) is 8.03. The molecule has 2 aromatic carbocycles. The van der Waals surface area contributed by atoms with E-state index in [0.29, 0.717) is 22.6 Å². The highest BCUT2D eigenvalue weighted by atomic mass is 16.5. The van der Waals surface area contributed by atoms with Crippen molar-refractivity contribution in [3.05, 3.63) is 54.3 Å². The molecule has 0 unspecified atom stereocenters. The van der Waals surface area contributed by atoms with E-state index < -0.39 is 5.97 Å². The minimum atomic E-state index is -0.589. The molecule has 4 rings (SSSR count). The van der Waals surface area contributed by atoms with Crippen molar-refractivity contribution in [2.45, 2.75) is 0 Å². The zero-order valence-corrected chi connectivity index (χ0v) is 14.6. The summed E-state index contributed by atoms with van der Waals surface area (Å²) in [6.45, 7) is 0. The van der Waals surface area contributed by atoms with Crippen molar-refractivity contribution in [2.24, 2.45) is 0 Å². The maximum Gasteiger partial charge on any atom is 0.378 e. The lowest BCUT2D eigenvalue weighted by Crippen LogP contribution is -2.03. The Bertz CT molecular complexity index is 1110. The minimum absolute atomic E-state index is 0.0365. The van der Waals surface area contributed by atoms with Crippen molar-refractivity contribution < 1.29 is 23.4 Å². The van der Waals surface area contributed by atoms with Crippen molar-refractivity contribution in [1.82, 2.24) is 4.57 Å². The fourth-order valence-corrected chi connectivity index (χ4v) is 3.26. The van der Waals surface area contributed by atoms with Crippen LogP contribution < -0.4 is 9.47 Å². The number of para-hydroxylation sites is 2. The van der Waals surface area contributed by atoms with Crippen LogP contribution in [0.25, 0.3) is 27.7 Å². The molecule has 0 aliphatic rings. The average Bonchev–Trinajstić information content (AvgIpc) is 3.22. The Kier molecular flexibility index (Phi) is 3.80. The fourth-order valence-electron chi connectivity index (χ4n) is 3.26. The van der Waals surface area contributed by atoms with Gasteiger partial charge in [-0.25, -0.2) is 4.79 Å². The Morgan fingerprint density at radius 1 is 0.923 bits per heavy atom. The van der Waals surface area contributed by atoms with Crippen LogP contribution in [-0.2, 0) is 4.74 Å². The number of ether oxygens (including phenoxy) is 3. The van der Waals surface area contributed by atoms with Gasteiger partial charge in [0.2, 0.25) is 0 Å². The van der Waals surface area contributed by atoms with Crippen LogP contribution in [0.1, 0.15) is 10.6 Å². The first kappa shape index (κ1) is 16.1. The first-order valence-corrected chi connectivity index (χ1v) is 8.03. The third kappa shape index (κ3) is 2.15. The highest BCUT2D eigenvalue weighted by Crippen LogP contribution is 2.44. The van der Waals surface area contributed by atoms with Crippen LogP contribution in [0.4, 0.5) is 0 Å². The zero-order valence-electron chi connectivity index (χ0n) is 14.6. The molecular formula is C20H17NO5. The normalized spacial score (nSPS) is 11.0. The van der Waals surface area contributed by atoms with Gasteiger partial charge in [-0.3, -0.25) is 4.57 Å². The Labute approximate surface area is 149 Å². The molecule has 0 aliphatic carbocycles. The van der Waals surface area contributed by atoms with Crippen molar-refractivity contribution in [3.8, 4) is 17.2 Å². The Hall–Kier alpha value is -3.41. The van der Waals surface area contributed by atoms with Gasteiger partial charge in [0.25, 0.3) is 5.76 Å². The van der Waals surface area contributed by atoms with Crippen LogP contribution in [0.2, 0.25) is 0 Å². The number of hydrogen-bond donors (Lipinski definition) is 0. The number of hydrogen-bond acceptors (Lipinski definition) is 5. The van der Waals surface area contributed by atoms with Crippen LogP contribution in [0.5, 0.6) is 11.5 Å². The zero-order chi connectivity index (χ0) is 18.3. The fraction of sp³-hybridized carbons (Fsp3) is 0.150. The molecule has 6 heteroatoms. The summed E-state index contributed by atoms with van der Waals surface area (Å²) in [6.07, 6.45) is 0. The van der Waals surface area contributed by atoms with Gasteiger partial charge in [0.15, 0.2) is 11.3 Å². The molecule has 6 nitrogen and oxygen atoms in total. The van der Waals surface area contributed by atoms with Crippen LogP contribution in [0.15, 0.2) is 52.9 Å². The van der Waals surface area contributed by atoms with Gasteiger partial charge in [-0.2, -0.15) is 0 Å². The predicted molar refractivity (Wildman–Crippen MR) is 97.5 cm³/mol. The van der Waals surface area contributed by atoms with E-state index in [1.807, 2.05) is 53.1 Å². The van der Waals surface area contributed by atoms with E-state index in [-0.39, 0.29) is 5.76 Å². The van der Waals surface area contributed by atoms with Gasteiger partial charge in [-0.05, 0) is 24.3 Å². The van der Waals surface area contributed by atoms with Gasteiger partial charge >= 0.3 is 5.97 Å². The monoisotopic (exact) mass is 351 g/mol. The SMILES string of the molecule is COC(=O)c1oc2c3cccc(OC)c3n(-c3ccccc3)c2c1OC. The summed E-state index contributed by atoms with van der Waals surface area (Å²) < 4.78 is 23.8. The summed E-state index contributed by atoms with van der Waals surface area (Å²) in [5, 5.41) is 0.816. The number of rotatable bonds is 4. The molecule has 0 amide bonds. The highest BCUT2D eigenvalue weighted by molar-refractivity contribution is 6.13. The first-order chi connectivity index (χ1) is 12.7. The molecule has 0 bridgehead atoms. The summed E-state index contributed by atoms with van der Waals surface area (Å²) in [6, 6.07) is 15.4. The molecule has 132 valence electrons. The van der Waals surface area contributed by atoms with Crippen molar-refractivity contribution in [2.75, 3.05) is 21.3 Å². The molecule has 0 fully saturated rings. The summed E-state index contributed by atoms with van der Waals surface area (Å²) in [5.41, 5.74) is 2.93. The third-order valence-electron chi connectivity index (χ3n) is 4.34. The van der Waals surface area contributed by atoms with E-state index >= 15 is 0 Å². The van der Waals surface area contributed by atoms with Crippen LogP contribution in [-0.4, -0.2) is 31.9 Å². The molecule has 0 saturated carbocycles. The Morgan fingerprint density at radius 2 is 1.69 bits per heavy atom. The molecule has 2 aromatic heterocycles. The van der Waals surface area contributed by atoms with Gasteiger partial charge in [0.1, 0.15) is 11.3 Å². The molecule has 0 aliphatic heterocycles. The molecule has 0 saturated heterocycles. The van der Waals surface area contributed by atoms with Gasteiger partial charge in [-0.15, -0.1) is 0 Å². The van der Waals surface area contributed by atoms with E-state index in [9.17, 15) is 4.79 Å². The van der Waals surface area contributed by atoms with Crippen LogP contribution in [0, 0.1) is 0 Å². The molecule has 0 radical (unpaired) electrons. The van der Waals surface area contributed by atoms with E-state index in [1.165, 1.54) is 14.2 Å². The number of furan rings is 1. The number of aromatic nitrogens is 1. The summed E-state index contributed by atoms with van der Waals surface area (Å²) in [7, 11) is 4.43. The number of carbonyl (C=O) groups is 1. The molecular weight excluding hydrogens is 334 g/mol. The minimum Gasteiger partial charge on any atom is -0.495 e. The second-order valence-electron chi connectivity index (χ2n) is 5.66. The van der Waals surface area contributed by atoms with Crippen LogP contribution >= 0.6 is 0 Å². The molecule has 2 heterocycles. The number of nitrogens with zero attached hydrogens (tertiary/aromatic N) is 1. The Balaban J connectivity index is 2.22. The lowest BCUT2D eigenvalue weighted by molar-refractivity contribution is 0.0563. The second kappa shape index (κ2) is 6.15. The maximum absolute atomic E-state index is 12.1. The smallest absolute Gasteiger partial charge is 0.378 e. The number of carbonyl (C=O) groups excluding carboxylic acids is 1. The summed E-state index contributed by atoms with van der Waals surface area (Å²) in [5.74, 6) is 0.469. The predicted octanol–water partition coefficient (Wildman–Crippen LogP) is 4.18. The van der Waals surface area contributed by atoms with E-state index in [2.05, 4.69) is 0 Å². The standard InChI is InChI=1S/C20H17NO5/c1-23-14-11-7-10-13-15(14)21(12-8-5-4-6-9-12)16-17(13)26-19(18(16)24-2)20(22)25-3/h4-11H,1-3H3. The molecule has 0 spiro atoms. The lowest BCUT2D eigenvalue weighted by Gasteiger charge is -2.11. The second-order valence-corrected chi connectivity index (χ2v) is 5.66. The topological polar surface area (TPSA) is 62.8 Å². The largest absolute Gasteiger partial charge is 0.495 e. The third-order valence-corrected chi connectivity index (χ3v) is 4.34. The summed E-state index contributed by atoms with van der Waals surface area (Å²) in [4.78, 5) is 12.1. The number of esters is 1. The average molecular weight is 351 g/mol. The molecule has 4 aromatic rings. The van der Waals surface area contributed by atoms with Crippen molar-refractivity contribution >= 4 is 28.0 Å². The van der Waals surface area contributed by atoms with E-state index in [4.69, 9.17) is 18.6 Å². The van der Waals surface area contributed by atoms with E-state index in [1.54, 1.807) is 7.11 Å². The molecule has 0 atom stereocenters.